The van der Waals surface area contributed by atoms with E-state index >= 15 is 0 Å². The SMILES string of the molecule is O=c1c2c(nc3cc(C#Cc4ccccc4)ccn13)CCCCC2. The van der Waals surface area contributed by atoms with Gasteiger partial charge in [0.1, 0.15) is 5.65 Å². The summed E-state index contributed by atoms with van der Waals surface area (Å²) in [5.74, 6) is 6.31. The monoisotopic (exact) mass is 314 g/mol. The summed E-state index contributed by atoms with van der Waals surface area (Å²) in [5.41, 5.74) is 4.50. The van der Waals surface area contributed by atoms with Crippen LogP contribution in [0.3, 0.4) is 0 Å². The minimum atomic E-state index is 0.0828. The molecule has 0 spiro atoms. The van der Waals surface area contributed by atoms with E-state index in [0.29, 0.717) is 5.65 Å². The Hall–Kier alpha value is -2.86. The van der Waals surface area contributed by atoms with Crippen molar-refractivity contribution in [2.45, 2.75) is 32.1 Å². The lowest BCUT2D eigenvalue weighted by Gasteiger charge is -2.08. The summed E-state index contributed by atoms with van der Waals surface area (Å²) in [5, 5.41) is 0. The molecule has 4 rings (SSSR count). The van der Waals surface area contributed by atoms with Crippen molar-refractivity contribution in [2.24, 2.45) is 0 Å². The first-order chi connectivity index (χ1) is 11.8. The molecule has 1 aromatic carbocycles. The summed E-state index contributed by atoms with van der Waals surface area (Å²) >= 11 is 0. The van der Waals surface area contributed by atoms with E-state index in [0.717, 1.165) is 48.1 Å². The molecule has 0 aliphatic heterocycles. The fourth-order valence-corrected chi connectivity index (χ4v) is 3.19. The Morgan fingerprint density at radius 1 is 0.917 bits per heavy atom. The lowest BCUT2D eigenvalue weighted by atomic mass is 10.1. The molecule has 0 unspecified atom stereocenters. The molecule has 2 aromatic heterocycles. The third-order valence-corrected chi connectivity index (χ3v) is 4.47. The lowest BCUT2D eigenvalue weighted by molar-refractivity contribution is 0.708. The molecule has 3 aromatic rings. The van der Waals surface area contributed by atoms with Gasteiger partial charge in [0.2, 0.25) is 0 Å². The number of aryl methyl sites for hydroxylation is 1. The van der Waals surface area contributed by atoms with Gasteiger partial charge >= 0.3 is 0 Å². The molecular weight excluding hydrogens is 296 g/mol. The average molecular weight is 314 g/mol. The van der Waals surface area contributed by atoms with E-state index in [4.69, 9.17) is 4.98 Å². The van der Waals surface area contributed by atoms with Crippen molar-refractivity contribution in [3.05, 3.63) is 81.4 Å². The predicted octanol–water partition coefficient (Wildman–Crippen LogP) is 3.36. The van der Waals surface area contributed by atoms with Crippen molar-refractivity contribution in [3.63, 3.8) is 0 Å². The maximum atomic E-state index is 12.7. The largest absolute Gasteiger partial charge is 0.269 e. The highest BCUT2D eigenvalue weighted by molar-refractivity contribution is 5.50. The van der Waals surface area contributed by atoms with Crippen LogP contribution in [0.4, 0.5) is 0 Å². The van der Waals surface area contributed by atoms with Crippen LogP contribution in [0.15, 0.2) is 53.5 Å². The number of aromatic nitrogens is 2. The van der Waals surface area contributed by atoms with Gasteiger partial charge < -0.3 is 0 Å². The van der Waals surface area contributed by atoms with E-state index in [9.17, 15) is 4.79 Å². The van der Waals surface area contributed by atoms with Crippen LogP contribution in [0.5, 0.6) is 0 Å². The number of hydrogen-bond acceptors (Lipinski definition) is 2. The third-order valence-electron chi connectivity index (χ3n) is 4.47. The molecule has 0 saturated carbocycles. The predicted molar refractivity (Wildman–Crippen MR) is 95.1 cm³/mol. The number of pyridine rings is 1. The fraction of sp³-hybridized carbons (Fsp3) is 0.238. The zero-order chi connectivity index (χ0) is 16.4. The molecule has 0 fully saturated rings. The summed E-state index contributed by atoms with van der Waals surface area (Å²) in [6.07, 6.45) is 6.91. The maximum Gasteiger partial charge on any atom is 0.261 e. The molecule has 0 atom stereocenters. The number of nitrogens with zero attached hydrogens (tertiary/aromatic N) is 2. The van der Waals surface area contributed by atoms with E-state index < -0.39 is 0 Å². The van der Waals surface area contributed by atoms with Crippen LogP contribution in [0, 0.1) is 11.8 Å². The number of rotatable bonds is 0. The molecule has 0 amide bonds. The fourth-order valence-electron chi connectivity index (χ4n) is 3.19. The highest BCUT2D eigenvalue weighted by Gasteiger charge is 2.15. The van der Waals surface area contributed by atoms with E-state index in [1.807, 2.05) is 42.5 Å². The van der Waals surface area contributed by atoms with E-state index in [1.165, 1.54) is 6.42 Å². The van der Waals surface area contributed by atoms with Gasteiger partial charge in [0.05, 0.1) is 5.69 Å². The molecular formula is C21H18N2O. The molecule has 0 bridgehead atoms. The Morgan fingerprint density at radius 2 is 1.71 bits per heavy atom. The standard InChI is InChI=1S/C21H18N2O/c24-21-18-9-5-2-6-10-19(18)22-20-15-17(13-14-23(20)21)12-11-16-7-3-1-4-8-16/h1,3-4,7-8,13-15H,2,5-6,9-10H2. The molecule has 2 heterocycles. The van der Waals surface area contributed by atoms with Gasteiger partial charge in [0.25, 0.3) is 5.56 Å². The van der Waals surface area contributed by atoms with E-state index in [-0.39, 0.29) is 5.56 Å². The van der Waals surface area contributed by atoms with Crippen LogP contribution < -0.4 is 5.56 Å². The van der Waals surface area contributed by atoms with Gasteiger partial charge in [-0.1, -0.05) is 36.5 Å². The number of hydrogen-bond donors (Lipinski definition) is 0. The Labute approximate surface area is 141 Å². The summed E-state index contributed by atoms with van der Waals surface area (Å²) in [4.78, 5) is 17.5. The molecule has 24 heavy (non-hydrogen) atoms. The highest BCUT2D eigenvalue weighted by atomic mass is 16.1. The van der Waals surface area contributed by atoms with Gasteiger partial charge in [-0.25, -0.2) is 4.98 Å². The van der Waals surface area contributed by atoms with Gasteiger partial charge in [-0.3, -0.25) is 9.20 Å². The molecule has 0 saturated heterocycles. The van der Waals surface area contributed by atoms with Crippen molar-refractivity contribution >= 4 is 5.65 Å². The number of benzene rings is 1. The van der Waals surface area contributed by atoms with Crippen LogP contribution in [0.1, 0.15) is 41.6 Å². The average Bonchev–Trinajstić information content (AvgIpc) is 2.86. The molecule has 118 valence electrons. The highest BCUT2D eigenvalue weighted by Crippen LogP contribution is 2.17. The molecule has 1 aliphatic rings. The summed E-state index contributed by atoms with van der Waals surface area (Å²) < 4.78 is 1.65. The molecule has 0 N–H and O–H groups in total. The van der Waals surface area contributed by atoms with Gasteiger partial charge in [0, 0.05) is 22.9 Å². The first-order valence-electron chi connectivity index (χ1n) is 8.42. The van der Waals surface area contributed by atoms with E-state index in [1.54, 1.807) is 10.6 Å². The minimum absolute atomic E-state index is 0.0828. The Morgan fingerprint density at radius 3 is 2.58 bits per heavy atom. The molecule has 3 heteroatoms. The minimum Gasteiger partial charge on any atom is -0.269 e. The zero-order valence-electron chi connectivity index (χ0n) is 13.5. The van der Waals surface area contributed by atoms with Crippen LogP contribution >= 0.6 is 0 Å². The van der Waals surface area contributed by atoms with Gasteiger partial charge in [-0.2, -0.15) is 0 Å². The van der Waals surface area contributed by atoms with Crippen molar-refractivity contribution in [3.8, 4) is 11.8 Å². The zero-order valence-corrected chi connectivity index (χ0v) is 13.5. The van der Waals surface area contributed by atoms with Crippen molar-refractivity contribution in [2.75, 3.05) is 0 Å². The van der Waals surface area contributed by atoms with Gasteiger partial charge in [-0.15, -0.1) is 0 Å². The summed E-state index contributed by atoms with van der Waals surface area (Å²) in [6.45, 7) is 0. The van der Waals surface area contributed by atoms with Gasteiger partial charge in [-0.05, 0) is 49.9 Å². The van der Waals surface area contributed by atoms with Crippen molar-refractivity contribution < 1.29 is 0 Å². The lowest BCUT2D eigenvalue weighted by Crippen LogP contribution is -2.22. The first kappa shape index (κ1) is 14.7. The maximum absolute atomic E-state index is 12.7. The quantitative estimate of drug-likeness (QED) is 0.471. The topological polar surface area (TPSA) is 34.4 Å². The van der Waals surface area contributed by atoms with Crippen LogP contribution in [0.25, 0.3) is 5.65 Å². The Bertz CT molecular complexity index is 1010. The van der Waals surface area contributed by atoms with Crippen LogP contribution in [0.2, 0.25) is 0 Å². The summed E-state index contributed by atoms with van der Waals surface area (Å²) in [6, 6.07) is 13.7. The second-order valence-corrected chi connectivity index (χ2v) is 6.16. The Balaban J connectivity index is 1.79. The van der Waals surface area contributed by atoms with Crippen molar-refractivity contribution in [1.29, 1.82) is 0 Å². The number of fused-ring (bicyclic) bond motifs is 2. The van der Waals surface area contributed by atoms with Gasteiger partial charge in [0.15, 0.2) is 0 Å². The van der Waals surface area contributed by atoms with E-state index in [2.05, 4.69) is 11.8 Å². The normalized spacial score (nSPS) is 13.7. The second-order valence-electron chi connectivity index (χ2n) is 6.16. The first-order valence-corrected chi connectivity index (χ1v) is 8.42. The molecule has 0 radical (unpaired) electrons. The van der Waals surface area contributed by atoms with Crippen LogP contribution in [-0.4, -0.2) is 9.38 Å². The summed E-state index contributed by atoms with van der Waals surface area (Å²) in [7, 11) is 0. The van der Waals surface area contributed by atoms with Crippen LogP contribution in [-0.2, 0) is 12.8 Å². The molecule has 1 aliphatic carbocycles. The molecule has 3 nitrogen and oxygen atoms in total. The second kappa shape index (κ2) is 6.33. The smallest absolute Gasteiger partial charge is 0.261 e. The van der Waals surface area contributed by atoms with Crippen molar-refractivity contribution in [1.82, 2.24) is 9.38 Å². The Kier molecular flexibility index (Phi) is 3.88. The third kappa shape index (κ3) is 2.83.